The molecule has 0 aromatic heterocycles. The summed E-state index contributed by atoms with van der Waals surface area (Å²) in [7, 11) is -0.717. The van der Waals surface area contributed by atoms with Crippen LogP contribution < -0.4 is 5.90 Å². The van der Waals surface area contributed by atoms with Crippen LogP contribution in [0.5, 0.6) is 0 Å². The standard InChI is InChI=1S/C9H22NO2Si/c1-9(2,3)7-6-8(11-10)12-13(4)5/h8H,6-7,10H2,1-5H3. The summed E-state index contributed by atoms with van der Waals surface area (Å²) in [5, 5.41) is 0. The molecule has 0 aliphatic carbocycles. The summed E-state index contributed by atoms with van der Waals surface area (Å²) in [4.78, 5) is 4.76. The molecule has 79 valence electrons. The first kappa shape index (κ1) is 13.1. The monoisotopic (exact) mass is 204 g/mol. The molecular formula is C9H22NO2Si. The van der Waals surface area contributed by atoms with Gasteiger partial charge in [-0.25, -0.2) is 5.90 Å². The molecule has 0 aliphatic rings. The molecule has 3 nitrogen and oxygen atoms in total. The largest absolute Gasteiger partial charge is 0.391 e. The smallest absolute Gasteiger partial charge is 0.208 e. The van der Waals surface area contributed by atoms with E-state index in [1.807, 2.05) is 0 Å². The predicted molar refractivity (Wildman–Crippen MR) is 56.3 cm³/mol. The van der Waals surface area contributed by atoms with Crippen molar-refractivity contribution >= 4 is 9.04 Å². The summed E-state index contributed by atoms with van der Waals surface area (Å²) in [6.45, 7) is 10.8. The Morgan fingerprint density at radius 2 is 1.85 bits per heavy atom. The minimum atomic E-state index is -0.717. The van der Waals surface area contributed by atoms with Gasteiger partial charge in [0.25, 0.3) is 0 Å². The molecule has 0 fully saturated rings. The Kier molecular flexibility index (Phi) is 5.79. The van der Waals surface area contributed by atoms with Crippen LogP contribution in [0.3, 0.4) is 0 Å². The molecule has 4 heteroatoms. The van der Waals surface area contributed by atoms with Crippen LogP contribution in [0.15, 0.2) is 0 Å². The van der Waals surface area contributed by atoms with Gasteiger partial charge >= 0.3 is 0 Å². The number of hydrogen-bond acceptors (Lipinski definition) is 3. The Bertz CT molecular complexity index is 134. The Balaban J connectivity index is 3.72. The molecular weight excluding hydrogens is 182 g/mol. The zero-order valence-corrected chi connectivity index (χ0v) is 10.4. The first-order valence-electron chi connectivity index (χ1n) is 4.67. The molecule has 1 radical (unpaired) electrons. The second kappa shape index (κ2) is 5.75. The van der Waals surface area contributed by atoms with Crippen LogP contribution in [-0.4, -0.2) is 15.3 Å². The maximum absolute atomic E-state index is 5.55. The van der Waals surface area contributed by atoms with Crippen LogP contribution in [0.25, 0.3) is 0 Å². The van der Waals surface area contributed by atoms with Crippen molar-refractivity contribution in [2.75, 3.05) is 0 Å². The fourth-order valence-corrected chi connectivity index (χ4v) is 1.67. The van der Waals surface area contributed by atoms with E-state index >= 15 is 0 Å². The maximum Gasteiger partial charge on any atom is 0.208 e. The van der Waals surface area contributed by atoms with Gasteiger partial charge in [0.2, 0.25) is 9.04 Å². The number of nitrogens with two attached hydrogens (primary N) is 1. The Morgan fingerprint density at radius 1 is 1.31 bits per heavy atom. The van der Waals surface area contributed by atoms with Crippen LogP contribution in [0.1, 0.15) is 33.6 Å². The molecule has 0 saturated heterocycles. The van der Waals surface area contributed by atoms with Crippen molar-refractivity contribution in [1.82, 2.24) is 0 Å². The second-order valence-electron chi connectivity index (χ2n) is 4.69. The summed E-state index contributed by atoms with van der Waals surface area (Å²) < 4.78 is 5.55. The normalized spacial score (nSPS) is 15.0. The average molecular weight is 204 g/mol. The Labute approximate surface area is 83.3 Å². The summed E-state index contributed by atoms with van der Waals surface area (Å²) in [6, 6.07) is 0. The van der Waals surface area contributed by atoms with Crippen molar-refractivity contribution in [3.63, 3.8) is 0 Å². The zero-order valence-electron chi connectivity index (χ0n) is 9.39. The summed E-state index contributed by atoms with van der Waals surface area (Å²) >= 11 is 0. The van der Waals surface area contributed by atoms with Gasteiger partial charge in [-0.1, -0.05) is 20.8 Å². The molecule has 1 unspecified atom stereocenters. The molecule has 0 saturated carbocycles. The Morgan fingerprint density at radius 3 is 2.15 bits per heavy atom. The highest BCUT2D eigenvalue weighted by molar-refractivity contribution is 6.48. The van der Waals surface area contributed by atoms with E-state index in [1.54, 1.807) is 0 Å². The quantitative estimate of drug-likeness (QED) is 0.424. The number of hydrogen-bond donors (Lipinski definition) is 1. The van der Waals surface area contributed by atoms with Crippen molar-refractivity contribution in [3.05, 3.63) is 0 Å². The first-order chi connectivity index (χ1) is 5.85. The molecule has 0 aromatic rings. The molecule has 2 N–H and O–H groups in total. The fraction of sp³-hybridized carbons (Fsp3) is 1.00. The van der Waals surface area contributed by atoms with Gasteiger partial charge in [0, 0.05) is 0 Å². The van der Waals surface area contributed by atoms with Crippen molar-refractivity contribution in [2.24, 2.45) is 11.3 Å². The van der Waals surface area contributed by atoms with E-state index < -0.39 is 9.04 Å². The third kappa shape index (κ3) is 8.43. The van der Waals surface area contributed by atoms with E-state index in [0.717, 1.165) is 12.8 Å². The highest BCUT2D eigenvalue weighted by Gasteiger charge is 2.16. The number of rotatable bonds is 5. The molecule has 1 atom stereocenters. The SMILES string of the molecule is C[Si](C)OC(CCC(C)(C)C)ON. The molecule has 0 rings (SSSR count). The molecule has 0 bridgehead atoms. The molecule has 0 aliphatic heterocycles. The molecule has 0 aromatic carbocycles. The second-order valence-corrected chi connectivity index (χ2v) is 6.74. The third-order valence-corrected chi connectivity index (χ3v) is 2.38. The van der Waals surface area contributed by atoms with E-state index in [9.17, 15) is 0 Å². The van der Waals surface area contributed by atoms with E-state index in [1.165, 1.54) is 0 Å². The van der Waals surface area contributed by atoms with Gasteiger partial charge in [0.1, 0.15) is 0 Å². The van der Waals surface area contributed by atoms with Crippen molar-refractivity contribution in [1.29, 1.82) is 0 Å². The topological polar surface area (TPSA) is 44.5 Å². The van der Waals surface area contributed by atoms with Gasteiger partial charge in [-0.05, 0) is 31.4 Å². The van der Waals surface area contributed by atoms with Gasteiger partial charge in [-0.2, -0.15) is 0 Å². The molecule has 13 heavy (non-hydrogen) atoms. The van der Waals surface area contributed by atoms with E-state index in [2.05, 4.69) is 33.9 Å². The summed E-state index contributed by atoms with van der Waals surface area (Å²) in [5.41, 5.74) is 0.314. The lowest BCUT2D eigenvalue weighted by Crippen LogP contribution is -2.27. The Hall–Kier alpha value is 0.0969. The van der Waals surface area contributed by atoms with E-state index in [4.69, 9.17) is 15.2 Å². The van der Waals surface area contributed by atoms with Gasteiger partial charge in [-0.3, -0.25) is 4.84 Å². The molecule has 0 spiro atoms. The lowest BCUT2D eigenvalue weighted by molar-refractivity contribution is -0.0934. The highest BCUT2D eigenvalue weighted by atomic mass is 28.3. The van der Waals surface area contributed by atoms with E-state index in [-0.39, 0.29) is 6.29 Å². The van der Waals surface area contributed by atoms with Crippen LogP contribution >= 0.6 is 0 Å². The van der Waals surface area contributed by atoms with Gasteiger partial charge < -0.3 is 4.43 Å². The van der Waals surface area contributed by atoms with Crippen LogP contribution in [0, 0.1) is 5.41 Å². The minimum absolute atomic E-state index is 0.219. The lowest BCUT2D eigenvalue weighted by Gasteiger charge is -2.23. The zero-order chi connectivity index (χ0) is 10.5. The van der Waals surface area contributed by atoms with Crippen molar-refractivity contribution < 1.29 is 9.26 Å². The summed E-state index contributed by atoms with van der Waals surface area (Å²) in [5.74, 6) is 5.14. The summed E-state index contributed by atoms with van der Waals surface area (Å²) in [6.07, 6.45) is 1.71. The highest BCUT2D eigenvalue weighted by Crippen LogP contribution is 2.22. The average Bonchev–Trinajstić information content (AvgIpc) is 1.95. The van der Waals surface area contributed by atoms with Crippen molar-refractivity contribution in [2.45, 2.75) is 53.0 Å². The van der Waals surface area contributed by atoms with Gasteiger partial charge in [0.05, 0.1) is 0 Å². The maximum atomic E-state index is 5.55. The molecule has 0 amide bonds. The van der Waals surface area contributed by atoms with E-state index in [0.29, 0.717) is 5.41 Å². The lowest BCUT2D eigenvalue weighted by atomic mass is 9.90. The minimum Gasteiger partial charge on any atom is -0.391 e. The van der Waals surface area contributed by atoms with Crippen LogP contribution in [-0.2, 0) is 9.26 Å². The molecule has 0 heterocycles. The van der Waals surface area contributed by atoms with Gasteiger partial charge in [-0.15, -0.1) is 0 Å². The first-order valence-corrected chi connectivity index (χ1v) is 7.08. The third-order valence-electron chi connectivity index (χ3n) is 1.65. The van der Waals surface area contributed by atoms with Crippen LogP contribution in [0.2, 0.25) is 13.1 Å². The predicted octanol–water partition coefficient (Wildman–Crippen LogP) is 2.30. The fourth-order valence-electron chi connectivity index (χ4n) is 0.969. The van der Waals surface area contributed by atoms with Crippen LogP contribution in [0.4, 0.5) is 0 Å². The van der Waals surface area contributed by atoms with Crippen molar-refractivity contribution in [3.8, 4) is 0 Å². The van der Waals surface area contributed by atoms with Gasteiger partial charge in [0.15, 0.2) is 6.29 Å².